The third-order valence-electron chi connectivity index (χ3n) is 4.41. The fourth-order valence-corrected chi connectivity index (χ4v) is 2.93. The molecule has 29 heavy (non-hydrogen) atoms. The zero-order valence-corrected chi connectivity index (χ0v) is 15.5. The second kappa shape index (κ2) is 8.35. The Balaban J connectivity index is 1.47. The fraction of sp³-hybridized carbons (Fsp3) is 0.0909. The van der Waals surface area contributed by atoms with Gasteiger partial charge in [0, 0.05) is 11.9 Å². The van der Waals surface area contributed by atoms with Crippen LogP contribution in [0.5, 0.6) is 0 Å². The number of anilines is 1. The Morgan fingerprint density at radius 3 is 2.41 bits per heavy atom. The van der Waals surface area contributed by atoms with Gasteiger partial charge in [-0.1, -0.05) is 48.5 Å². The monoisotopic (exact) mass is 386 g/mol. The smallest absolute Gasteiger partial charge is 0.340 e. The number of ether oxygens (including phenoxy) is 1. The van der Waals surface area contributed by atoms with Crippen molar-refractivity contribution in [2.24, 2.45) is 0 Å². The summed E-state index contributed by atoms with van der Waals surface area (Å²) in [7, 11) is 0. The lowest BCUT2D eigenvalue weighted by atomic mass is 10.2. The number of carbonyl (C=O) groups is 2. The highest BCUT2D eigenvalue weighted by molar-refractivity contribution is 5.97. The zero-order chi connectivity index (χ0) is 20.1. The van der Waals surface area contributed by atoms with Crippen molar-refractivity contribution < 1.29 is 14.3 Å². The van der Waals surface area contributed by atoms with Crippen molar-refractivity contribution in [2.45, 2.75) is 6.54 Å². The van der Waals surface area contributed by atoms with E-state index in [1.54, 1.807) is 27.6 Å². The van der Waals surface area contributed by atoms with Crippen molar-refractivity contribution in [1.29, 1.82) is 0 Å². The summed E-state index contributed by atoms with van der Waals surface area (Å²) in [6.45, 7) is 0.0225. The highest BCUT2D eigenvalue weighted by Crippen LogP contribution is 2.17. The van der Waals surface area contributed by atoms with Crippen LogP contribution in [-0.4, -0.2) is 33.1 Å². The molecule has 7 heteroatoms. The largest absolute Gasteiger partial charge is 0.452 e. The first-order valence-electron chi connectivity index (χ1n) is 9.06. The number of fused-ring (bicyclic) bond motifs is 1. The molecule has 2 aromatic heterocycles. The lowest BCUT2D eigenvalue weighted by molar-refractivity contribution is -0.121. The van der Waals surface area contributed by atoms with Crippen molar-refractivity contribution in [3.8, 4) is 0 Å². The molecule has 0 fully saturated rings. The van der Waals surface area contributed by atoms with E-state index >= 15 is 0 Å². The minimum atomic E-state index is -0.582. The topological polar surface area (TPSA) is 76.8 Å². The van der Waals surface area contributed by atoms with E-state index in [0.29, 0.717) is 17.8 Å². The number of hydrogen-bond donors (Lipinski definition) is 0. The van der Waals surface area contributed by atoms with Crippen LogP contribution in [0.4, 0.5) is 5.69 Å². The molecule has 0 unspecified atom stereocenters. The number of amides is 1. The standard InChI is InChI=1S/C22H18N4O3/c27-21(15-29-22(28)18-11-12-20-24-23-16-25(20)14-18)26(19-9-5-2-6-10-19)13-17-7-3-1-4-8-17/h1-12,14,16H,13,15H2. The second-order valence-electron chi connectivity index (χ2n) is 6.39. The van der Waals surface area contributed by atoms with Crippen LogP contribution < -0.4 is 4.90 Å². The van der Waals surface area contributed by atoms with Gasteiger partial charge in [-0.15, -0.1) is 10.2 Å². The number of benzene rings is 2. The number of aromatic nitrogens is 3. The molecule has 7 nitrogen and oxygen atoms in total. The van der Waals surface area contributed by atoms with E-state index in [1.807, 2.05) is 60.7 Å². The highest BCUT2D eigenvalue weighted by atomic mass is 16.5. The van der Waals surface area contributed by atoms with E-state index in [2.05, 4.69) is 10.2 Å². The Kier molecular flexibility index (Phi) is 5.29. The van der Waals surface area contributed by atoms with Gasteiger partial charge in [-0.2, -0.15) is 0 Å². The summed E-state index contributed by atoms with van der Waals surface area (Å²) in [5.41, 5.74) is 2.66. The first kappa shape index (κ1) is 18.4. The van der Waals surface area contributed by atoms with Crippen LogP contribution in [0.2, 0.25) is 0 Å². The second-order valence-corrected chi connectivity index (χ2v) is 6.39. The quantitative estimate of drug-likeness (QED) is 0.476. The minimum Gasteiger partial charge on any atom is -0.452 e. The van der Waals surface area contributed by atoms with Crippen molar-refractivity contribution in [1.82, 2.24) is 14.6 Å². The molecule has 1 amide bonds. The molecule has 0 saturated heterocycles. The van der Waals surface area contributed by atoms with Gasteiger partial charge in [0.25, 0.3) is 5.91 Å². The summed E-state index contributed by atoms with van der Waals surface area (Å²) in [6, 6.07) is 22.2. The van der Waals surface area contributed by atoms with E-state index in [9.17, 15) is 9.59 Å². The van der Waals surface area contributed by atoms with Gasteiger partial charge in [0.2, 0.25) is 0 Å². The van der Waals surface area contributed by atoms with Gasteiger partial charge in [-0.25, -0.2) is 4.79 Å². The van der Waals surface area contributed by atoms with Gasteiger partial charge in [0.15, 0.2) is 12.3 Å². The van der Waals surface area contributed by atoms with Crippen molar-refractivity contribution in [3.05, 3.63) is 96.4 Å². The molecule has 0 aliphatic carbocycles. The first-order chi connectivity index (χ1) is 14.2. The Bertz CT molecular complexity index is 1130. The molecule has 4 rings (SSSR count). The Hall–Kier alpha value is -4.00. The van der Waals surface area contributed by atoms with Crippen molar-refractivity contribution in [2.75, 3.05) is 11.5 Å². The van der Waals surface area contributed by atoms with Crippen LogP contribution in [0.25, 0.3) is 5.65 Å². The molecule has 2 heterocycles. The summed E-state index contributed by atoms with van der Waals surface area (Å²) in [5, 5.41) is 7.66. The predicted octanol–water partition coefficient (Wildman–Crippen LogP) is 3.12. The van der Waals surface area contributed by atoms with E-state index < -0.39 is 5.97 Å². The summed E-state index contributed by atoms with van der Waals surface area (Å²) in [5.74, 6) is -0.888. The average Bonchev–Trinajstić information content (AvgIpc) is 3.25. The summed E-state index contributed by atoms with van der Waals surface area (Å²) in [6.07, 6.45) is 3.06. The third-order valence-corrected chi connectivity index (χ3v) is 4.41. The van der Waals surface area contributed by atoms with E-state index in [4.69, 9.17) is 4.74 Å². The molecule has 0 spiro atoms. The lowest BCUT2D eigenvalue weighted by Gasteiger charge is -2.23. The number of carbonyl (C=O) groups excluding carboxylic acids is 2. The summed E-state index contributed by atoms with van der Waals surface area (Å²) in [4.78, 5) is 26.9. The fourth-order valence-electron chi connectivity index (χ4n) is 2.93. The molecule has 0 atom stereocenters. The van der Waals surface area contributed by atoms with E-state index in [1.165, 1.54) is 6.33 Å². The van der Waals surface area contributed by atoms with Gasteiger partial charge in [-0.05, 0) is 29.8 Å². The first-order valence-corrected chi connectivity index (χ1v) is 9.06. The summed E-state index contributed by atoms with van der Waals surface area (Å²) < 4.78 is 6.89. The lowest BCUT2D eigenvalue weighted by Crippen LogP contribution is -2.34. The molecular weight excluding hydrogens is 368 g/mol. The van der Waals surface area contributed by atoms with Crippen molar-refractivity contribution in [3.63, 3.8) is 0 Å². The van der Waals surface area contributed by atoms with Gasteiger partial charge < -0.3 is 9.64 Å². The van der Waals surface area contributed by atoms with E-state index in [-0.39, 0.29) is 12.5 Å². The van der Waals surface area contributed by atoms with Crippen LogP contribution in [0.3, 0.4) is 0 Å². The number of esters is 1. The average molecular weight is 386 g/mol. The van der Waals surface area contributed by atoms with Gasteiger partial charge >= 0.3 is 5.97 Å². The molecule has 0 N–H and O–H groups in total. The number of hydrogen-bond acceptors (Lipinski definition) is 5. The number of pyridine rings is 1. The Morgan fingerprint density at radius 1 is 0.931 bits per heavy atom. The third kappa shape index (κ3) is 4.30. The minimum absolute atomic E-state index is 0.307. The van der Waals surface area contributed by atoms with Crippen LogP contribution in [-0.2, 0) is 16.1 Å². The molecule has 0 saturated carbocycles. The zero-order valence-electron chi connectivity index (χ0n) is 15.5. The van der Waals surface area contributed by atoms with Crippen LogP contribution in [0.15, 0.2) is 85.3 Å². The normalized spacial score (nSPS) is 10.6. The maximum absolute atomic E-state index is 12.9. The van der Waals surface area contributed by atoms with Crippen LogP contribution in [0.1, 0.15) is 15.9 Å². The molecule has 4 aromatic rings. The van der Waals surface area contributed by atoms with Crippen LogP contribution >= 0.6 is 0 Å². The summed E-state index contributed by atoms with van der Waals surface area (Å²) >= 11 is 0. The Labute approximate surface area is 167 Å². The molecule has 2 aromatic carbocycles. The molecule has 0 aliphatic heterocycles. The maximum atomic E-state index is 12.9. The molecular formula is C22H18N4O3. The molecule has 0 radical (unpaired) electrons. The van der Waals surface area contributed by atoms with Gasteiger partial charge in [0.05, 0.1) is 12.1 Å². The predicted molar refractivity (Wildman–Crippen MR) is 107 cm³/mol. The molecule has 144 valence electrons. The number of para-hydroxylation sites is 1. The Morgan fingerprint density at radius 2 is 1.66 bits per heavy atom. The maximum Gasteiger partial charge on any atom is 0.340 e. The number of rotatable bonds is 6. The van der Waals surface area contributed by atoms with E-state index in [0.717, 1.165) is 11.3 Å². The molecule has 0 aliphatic rings. The van der Waals surface area contributed by atoms with Gasteiger partial charge in [0.1, 0.15) is 6.33 Å². The van der Waals surface area contributed by atoms with Crippen molar-refractivity contribution >= 4 is 23.2 Å². The SMILES string of the molecule is O=C(OCC(=O)N(Cc1ccccc1)c1ccccc1)c1ccc2nncn2c1. The molecule has 0 bridgehead atoms. The van der Waals surface area contributed by atoms with Crippen LogP contribution in [0, 0.1) is 0 Å². The highest BCUT2D eigenvalue weighted by Gasteiger charge is 2.19. The van der Waals surface area contributed by atoms with Gasteiger partial charge in [-0.3, -0.25) is 9.20 Å². The number of nitrogens with zero attached hydrogens (tertiary/aromatic N) is 4.